The Morgan fingerprint density at radius 2 is 1.88 bits per heavy atom. The van der Waals surface area contributed by atoms with E-state index in [0.29, 0.717) is 50.4 Å². The number of hydrogen-bond acceptors (Lipinski definition) is 10. The van der Waals surface area contributed by atoms with Gasteiger partial charge in [0, 0.05) is 37.1 Å². The Bertz CT molecular complexity index is 1800. The molecule has 5 heterocycles. The fourth-order valence-electron chi connectivity index (χ4n) is 6.10. The number of halogens is 1. The molecule has 0 radical (unpaired) electrons. The van der Waals surface area contributed by atoms with Crippen molar-refractivity contribution in [3.63, 3.8) is 0 Å². The molecular weight excluding hydrogens is 781 g/mol. The number of hydrogen-bond donors (Lipinski definition) is 1. The lowest BCUT2D eigenvalue weighted by atomic mass is 9.89. The number of aromatic nitrogens is 7. The lowest BCUT2D eigenvalue weighted by molar-refractivity contribution is 0.00578. The number of ether oxygens (including phenoxy) is 2. The Labute approximate surface area is 316 Å². The van der Waals surface area contributed by atoms with Gasteiger partial charge in [-0.25, -0.2) is 9.13 Å². The summed E-state index contributed by atoms with van der Waals surface area (Å²) >= 11 is 2.34. The van der Waals surface area contributed by atoms with Crippen LogP contribution in [0.4, 0.5) is 0 Å². The van der Waals surface area contributed by atoms with E-state index in [0.717, 1.165) is 52.0 Å². The molecule has 4 aromatic heterocycles. The van der Waals surface area contributed by atoms with Crippen molar-refractivity contribution in [2.45, 2.75) is 112 Å². The van der Waals surface area contributed by atoms with E-state index < -0.39 is 18.3 Å². The van der Waals surface area contributed by atoms with Crippen molar-refractivity contribution in [1.82, 2.24) is 39.0 Å². The van der Waals surface area contributed by atoms with Gasteiger partial charge in [-0.2, -0.15) is 10.2 Å². The maximum Gasteiger partial charge on any atom is 0.487 e. The minimum atomic E-state index is -0.463. The summed E-state index contributed by atoms with van der Waals surface area (Å²) in [6, 6.07) is 2.54. The third-order valence-corrected chi connectivity index (χ3v) is 11.5. The molecule has 2 fully saturated rings. The molecule has 4 aromatic rings. The van der Waals surface area contributed by atoms with Crippen molar-refractivity contribution in [3.8, 4) is 23.0 Å². The molecule has 13 nitrogen and oxygen atoms in total. The van der Waals surface area contributed by atoms with E-state index in [9.17, 15) is 5.11 Å². The highest BCUT2D eigenvalue weighted by Gasteiger charge is 2.50. The first-order valence-corrected chi connectivity index (χ1v) is 21.9. The molecule has 0 bridgehead atoms. The van der Waals surface area contributed by atoms with Crippen LogP contribution in [-0.2, 0) is 29.4 Å². The summed E-state index contributed by atoms with van der Waals surface area (Å²) in [6.07, 6.45) is 8.24. The first kappa shape index (κ1) is 39.6. The standard InChI is InChI=1S/C33H47BIN8O5P.C2H6/c1-9-45-30-22(3)29(42(39-30)14-15-44)20-41(23-10-11-23)19-21(2)46-31-25(17-37-40(31)8)27-16-24-26(38-43(49-35)28(24)18-36-27)12-13-34-47-32(4,5)33(6,7)48-34;1-2/h12-13,16-18,21,23,44,49H,9-11,14-15,19-20H2,1-8H3;1-2H3/b13-12+;. The smallest absolute Gasteiger partial charge is 0.477 e. The van der Waals surface area contributed by atoms with Crippen molar-refractivity contribution < 1.29 is 23.9 Å². The van der Waals surface area contributed by atoms with Gasteiger partial charge in [0.2, 0.25) is 11.8 Å². The second kappa shape index (κ2) is 16.6. The molecule has 278 valence electrons. The number of aryl methyl sites for hydroxylation is 1. The monoisotopic (exact) mass is 834 g/mol. The van der Waals surface area contributed by atoms with E-state index in [2.05, 4.69) is 50.1 Å². The predicted octanol–water partition coefficient (Wildman–Crippen LogP) is 6.62. The highest BCUT2D eigenvalue weighted by atomic mass is 127. The Hall–Kier alpha value is -2.56. The van der Waals surface area contributed by atoms with E-state index >= 15 is 0 Å². The second-order valence-corrected chi connectivity index (χ2v) is 15.8. The highest BCUT2D eigenvalue weighted by Crippen LogP contribution is 2.39. The number of rotatable bonds is 15. The van der Waals surface area contributed by atoms with Crippen molar-refractivity contribution in [1.29, 1.82) is 0 Å². The van der Waals surface area contributed by atoms with Gasteiger partial charge in [-0.15, -0.1) is 5.10 Å². The Morgan fingerprint density at radius 1 is 1.18 bits per heavy atom. The van der Waals surface area contributed by atoms with Crippen molar-refractivity contribution in [3.05, 3.63) is 41.4 Å². The summed E-state index contributed by atoms with van der Waals surface area (Å²) < 4.78 is 30.4. The molecule has 16 heteroatoms. The number of aliphatic hydroxyl groups is 1. The van der Waals surface area contributed by atoms with Crippen LogP contribution in [-0.4, -0.2) is 94.3 Å². The predicted molar refractivity (Wildman–Crippen MR) is 213 cm³/mol. The zero-order chi connectivity index (χ0) is 37.1. The fraction of sp³-hybridized carbons (Fsp3) is 0.600. The zero-order valence-electron chi connectivity index (χ0n) is 31.6. The van der Waals surface area contributed by atoms with Gasteiger partial charge < -0.3 is 23.9 Å². The van der Waals surface area contributed by atoms with Crippen LogP contribution in [0.15, 0.2) is 24.4 Å². The topological polar surface area (TPSA) is 127 Å². The number of fused-ring (bicyclic) bond motifs is 1. The molecular formula is C35H53BIN8O5P. The Balaban J connectivity index is 0.00000248. The van der Waals surface area contributed by atoms with Crippen LogP contribution >= 0.6 is 28.4 Å². The Morgan fingerprint density at radius 3 is 2.51 bits per heavy atom. The van der Waals surface area contributed by atoms with E-state index in [-0.39, 0.29) is 12.7 Å². The van der Waals surface area contributed by atoms with E-state index in [4.69, 9.17) is 28.9 Å². The van der Waals surface area contributed by atoms with E-state index in [1.54, 1.807) is 4.68 Å². The van der Waals surface area contributed by atoms with Gasteiger partial charge in [-0.3, -0.25) is 14.6 Å². The molecule has 2 atom stereocenters. The maximum atomic E-state index is 9.69. The molecule has 2 unspecified atom stereocenters. The van der Waals surface area contributed by atoms with Gasteiger partial charge >= 0.3 is 7.12 Å². The third kappa shape index (κ3) is 8.65. The maximum absolute atomic E-state index is 9.69. The molecule has 1 saturated heterocycles. The first-order chi connectivity index (χ1) is 24.4. The van der Waals surface area contributed by atoms with Crippen LogP contribution in [0, 0.1) is 6.92 Å². The largest absolute Gasteiger partial charge is 0.487 e. The van der Waals surface area contributed by atoms with Crippen LogP contribution in [0.5, 0.6) is 11.8 Å². The quantitative estimate of drug-likeness (QED) is 0.0794. The van der Waals surface area contributed by atoms with Gasteiger partial charge in [0.15, 0.2) is 0 Å². The summed E-state index contributed by atoms with van der Waals surface area (Å²) in [5, 5.41) is 24.7. The lowest BCUT2D eigenvalue weighted by Gasteiger charge is -2.32. The molecule has 0 spiro atoms. The van der Waals surface area contributed by atoms with Crippen molar-refractivity contribution >= 4 is 52.5 Å². The summed E-state index contributed by atoms with van der Waals surface area (Å²) in [6.45, 7) is 20.7. The molecule has 6 rings (SSSR count). The summed E-state index contributed by atoms with van der Waals surface area (Å²) in [4.78, 5) is 7.30. The molecule has 51 heavy (non-hydrogen) atoms. The minimum Gasteiger partial charge on any atom is -0.477 e. The summed E-state index contributed by atoms with van der Waals surface area (Å²) in [7, 11) is 1.43. The number of nitrogens with zero attached hydrogens (tertiary/aromatic N) is 8. The van der Waals surface area contributed by atoms with Gasteiger partial charge in [0.1, 0.15) is 6.10 Å². The average Bonchev–Trinajstić information content (AvgIpc) is 3.65. The number of pyridine rings is 1. The first-order valence-electron chi connectivity index (χ1n) is 17.9. The third-order valence-electron chi connectivity index (χ3n) is 9.61. The van der Waals surface area contributed by atoms with E-state index in [1.807, 2.05) is 96.0 Å². The Kier molecular flexibility index (Phi) is 12.9. The van der Waals surface area contributed by atoms with Crippen LogP contribution in [0.25, 0.3) is 28.2 Å². The van der Waals surface area contributed by atoms with Crippen molar-refractivity contribution in [2.75, 3.05) is 19.8 Å². The van der Waals surface area contributed by atoms with Crippen LogP contribution in [0.1, 0.15) is 85.2 Å². The number of aliphatic hydroxyl groups excluding tert-OH is 1. The van der Waals surface area contributed by atoms with Crippen molar-refractivity contribution in [2.24, 2.45) is 7.05 Å². The summed E-state index contributed by atoms with van der Waals surface area (Å²) in [5.41, 5.74) is 4.60. The highest BCUT2D eigenvalue weighted by molar-refractivity contribution is 14.2. The van der Waals surface area contributed by atoms with Gasteiger partial charge in [-0.05, 0) is 95.5 Å². The molecule has 1 aliphatic carbocycles. The summed E-state index contributed by atoms with van der Waals surface area (Å²) in [5.74, 6) is 3.22. The van der Waals surface area contributed by atoms with Crippen LogP contribution in [0.3, 0.4) is 0 Å². The van der Waals surface area contributed by atoms with Crippen LogP contribution < -0.4 is 9.47 Å². The SMILES string of the molecule is CC.CCOc1nn(CCO)c(CN(CC(C)Oc2c(-c3cc4c(/C=C/B5OC(C)(C)C(C)(C)O5)nn(PI)c4cn3)cnn2C)C2CC2)c1C. The molecule has 1 aliphatic heterocycles. The molecule has 1 N–H and O–H groups in total. The zero-order valence-corrected chi connectivity index (χ0v) is 34.8. The normalized spacial score (nSPS) is 17.6. The van der Waals surface area contributed by atoms with Gasteiger partial charge in [-0.1, -0.05) is 19.8 Å². The van der Waals surface area contributed by atoms with Crippen LogP contribution in [0.2, 0.25) is 0 Å². The average molecular weight is 835 g/mol. The molecule has 0 aromatic carbocycles. The fourth-order valence-corrected chi connectivity index (χ4v) is 7.62. The second-order valence-electron chi connectivity index (χ2n) is 13.8. The lowest BCUT2D eigenvalue weighted by Crippen LogP contribution is -2.41. The molecule has 2 aliphatic rings. The van der Waals surface area contributed by atoms with Gasteiger partial charge in [0.25, 0.3) is 0 Å². The molecule has 1 saturated carbocycles. The minimum absolute atomic E-state index is 0.0167. The van der Waals surface area contributed by atoms with E-state index in [1.165, 1.54) is 0 Å². The molecule has 0 amide bonds. The van der Waals surface area contributed by atoms with Gasteiger partial charge in [0.05, 0.1) is 77.9 Å².